The molecule has 2 heterocycles. The molecule has 0 spiro atoms. The largest absolute Gasteiger partial charge is 0.493 e. The number of rotatable bonds is 13. The molecular formula is C23H33N5O4. The Bertz CT molecular complexity index is 1010. The molecule has 2 N–H and O–H groups in total. The minimum atomic E-state index is -0.0888. The number of aromatic nitrogens is 4. The quantitative estimate of drug-likeness (QED) is 0.420. The summed E-state index contributed by atoms with van der Waals surface area (Å²) in [6.07, 6.45) is 9.24. The zero-order valence-corrected chi connectivity index (χ0v) is 19.3. The zero-order chi connectivity index (χ0) is 22.9. The van der Waals surface area contributed by atoms with Gasteiger partial charge in [-0.1, -0.05) is 13.3 Å². The highest BCUT2D eigenvalue weighted by atomic mass is 16.5. The van der Waals surface area contributed by atoms with Crippen molar-refractivity contribution < 1.29 is 14.2 Å². The predicted octanol–water partition coefficient (Wildman–Crippen LogP) is 3.44. The van der Waals surface area contributed by atoms with Gasteiger partial charge in [-0.3, -0.25) is 9.55 Å². The third-order valence-electron chi connectivity index (χ3n) is 5.41. The first-order valence-electron chi connectivity index (χ1n) is 10.9. The first-order valence-corrected chi connectivity index (χ1v) is 10.9. The third-order valence-corrected chi connectivity index (χ3v) is 5.41. The van der Waals surface area contributed by atoms with Gasteiger partial charge in [0.05, 0.1) is 33.4 Å². The summed E-state index contributed by atoms with van der Waals surface area (Å²) in [4.78, 5) is 19.8. The summed E-state index contributed by atoms with van der Waals surface area (Å²) in [6.45, 7) is 4.12. The average Bonchev–Trinajstić information content (AvgIpc) is 3.43. The van der Waals surface area contributed by atoms with Gasteiger partial charge in [0.2, 0.25) is 5.75 Å². The average molecular weight is 444 g/mol. The van der Waals surface area contributed by atoms with Crippen molar-refractivity contribution in [2.45, 2.75) is 52.2 Å². The molecule has 9 heteroatoms. The first-order chi connectivity index (χ1) is 15.6. The Hall–Kier alpha value is -3.36. The van der Waals surface area contributed by atoms with E-state index in [0.717, 1.165) is 49.3 Å². The summed E-state index contributed by atoms with van der Waals surface area (Å²) >= 11 is 0. The van der Waals surface area contributed by atoms with Crippen LogP contribution in [-0.4, -0.2) is 40.4 Å². The Morgan fingerprint density at radius 1 is 1.06 bits per heavy atom. The van der Waals surface area contributed by atoms with Crippen LogP contribution in [0, 0.1) is 0 Å². The van der Waals surface area contributed by atoms with Crippen LogP contribution in [0.2, 0.25) is 0 Å². The van der Waals surface area contributed by atoms with E-state index in [1.807, 2.05) is 27.5 Å². The molecule has 32 heavy (non-hydrogen) atoms. The van der Waals surface area contributed by atoms with Crippen molar-refractivity contribution >= 4 is 5.82 Å². The predicted molar refractivity (Wildman–Crippen MR) is 124 cm³/mol. The number of imidazole rings is 2. The molecule has 0 aliphatic heterocycles. The zero-order valence-electron chi connectivity index (χ0n) is 19.3. The van der Waals surface area contributed by atoms with Gasteiger partial charge in [-0.15, -0.1) is 0 Å². The second-order valence-electron chi connectivity index (χ2n) is 7.55. The van der Waals surface area contributed by atoms with Crippen LogP contribution in [0.15, 0.2) is 35.6 Å². The van der Waals surface area contributed by atoms with E-state index in [-0.39, 0.29) is 5.69 Å². The van der Waals surface area contributed by atoms with E-state index >= 15 is 0 Å². The number of H-pyrrole nitrogens is 1. The van der Waals surface area contributed by atoms with Crippen molar-refractivity contribution in [2.24, 2.45) is 0 Å². The number of unbranched alkanes of at least 4 members (excludes halogenated alkanes) is 1. The van der Waals surface area contributed by atoms with E-state index in [1.54, 1.807) is 33.9 Å². The fourth-order valence-corrected chi connectivity index (χ4v) is 3.75. The SMILES string of the molecule is CCCCc1c(NCc2cc(OC)c(OC)c(OC)c2)[nH]c(=O)n1CCCn1ccnc1. The molecule has 3 rings (SSSR count). The second-order valence-corrected chi connectivity index (χ2v) is 7.55. The maximum absolute atomic E-state index is 12.7. The summed E-state index contributed by atoms with van der Waals surface area (Å²) < 4.78 is 20.2. The van der Waals surface area contributed by atoms with Crippen LogP contribution < -0.4 is 25.2 Å². The molecule has 0 bridgehead atoms. The lowest BCUT2D eigenvalue weighted by Crippen LogP contribution is -2.20. The third kappa shape index (κ3) is 5.46. The van der Waals surface area contributed by atoms with Gasteiger partial charge in [0.1, 0.15) is 5.82 Å². The smallest absolute Gasteiger partial charge is 0.327 e. The normalized spacial score (nSPS) is 10.9. The molecule has 0 aliphatic rings. The van der Waals surface area contributed by atoms with E-state index in [4.69, 9.17) is 14.2 Å². The number of hydrogen-bond acceptors (Lipinski definition) is 6. The fraction of sp³-hybridized carbons (Fsp3) is 0.478. The summed E-state index contributed by atoms with van der Waals surface area (Å²) in [5.41, 5.74) is 1.87. The molecule has 0 amide bonds. The van der Waals surface area contributed by atoms with Crippen LogP contribution in [0.4, 0.5) is 5.82 Å². The Morgan fingerprint density at radius 3 is 2.41 bits per heavy atom. The molecule has 1 aromatic carbocycles. The Labute approximate surface area is 188 Å². The number of aryl methyl sites for hydroxylation is 1. The Morgan fingerprint density at radius 2 is 1.81 bits per heavy atom. The van der Waals surface area contributed by atoms with E-state index < -0.39 is 0 Å². The van der Waals surface area contributed by atoms with Crippen molar-refractivity contribution in [3.05, 3.63) is 52.6 Å². The summed E-state index contributed by atoms with van der Waals surface area (Å²) in [6, 6.07) is 3.81. The molecule has 0 atom stereocenters. The number of nitrogens with one attached hydrogen (secondary N) is 2. The molecule has 3 aromatic rings. The van der Waals surface area contributed by atoms with Gasteiger partial charge in [-0.2, -0.15) is 0 Å². The van der Waals surface area contributed by atoms with Crippen LogP contribution in [0.3, 0.4) is 0 Å². The Kier molecular flexibility index (Phi) is 8.24. The van der Waals surface area contributed by atoms with Crippen molar-refractivity contribution in [2.75, 3.05) is 26.6 Å². The molecule has 9 nitrogen and oxygen atoms in total. The topological polar surface area (TPSA) is 95.3 Å². The second kappa shape index (κ2) is 11.3. The number of benzene rings is 1. The lowest BCUT2D eigenvalue weighted by atomic mass is 10.1. The van der Waals surface area contributed by atoms with Crippen molar-refractivity contribution in [3.8, 4) is 17.2 Å². The van der Waals surface area contributed by atoms with Gasteiger partial charge in [0, 0.05) is 32.0 Å². The van der Waals surface area contributed by atoms with Gasteiger partial charge < -0.3 is 24.1 Å². The van der Waals surface area contributed by atoms with Gasteiger partial charge in [-0.05, 0) is 37.0 Å². The number of ether oxygens (including phenoxy) is 3. The first kappa shape index (κ1) is 23.3. The van der Waals surface area contributed by atoms with Crippen LogP contribution in [0.25, 0.3) is 0 Å². The maximum atomic E-state index is 12.7. The summed E-state index contributed by atoms with van der Waals surface area (Å²) in [5.74, 6) is 2.51. The highest BCUT2D eigenvalue weighted by Crippen LogP contribution is 2.38. The van der Waals surface area contributed by atoms with E-state index in [0.29, 0.717) is 30.3 Å². The standard InChI is InChI=1S/C23H33N5O4/c1-5-6-8-18-22(26-23(29)28(18)11-7-10-27-12-9-24-16-27)25-15-17-13-19(30-2)21(32-4)20(14-17)31-3/h9,12-14,16,25H,5-8,10-11,15H2,1-4H3,(H,26,29). The van der Waals surface area contributed by atoms with Crippen LogP contribution in [0.5, 0.6) is 17.2 Å². The molecule has 0 aliphatic carbocycles. The number of nitrogens with zero attached hydrogens (tertiary/aromatic N) is 3. The van der Waals surface area contributed by atoms with Crippen molar-refractivity contribution in [1.82, 2.24) is 19.1 Å². The van der Waals surface area contributed by atoms with E-state index in [2.05, 4.69) is 22.2 Å². The molecule has 0 radical (unpaired) electrons. The van der Waals surface area contributed by atoms with Crippen molar-refractivity contribution in [1.29, 1.82) is 0 Å². The van der Waals surface area contributed by atoms with Crippen LogP contribution >= 0.6 is 0 Å². The van der Waals surface area contributed by atoms with Gasteiger partial charge >= 0.3 is 5.69 Å². The number of methoxy groups -OCH3 is 3. The molecule has 0 fully saturated rings. The van der Waals surface area contributed by atoms with Gasteiger partial charge in [0.25, 0.3) is 0 Å². The maximum Gasteiger partial charge on any atom is 0.327 e. The summed E-state index contributed by atoms with van der Waals surface area (Å²) in [5, 5.41) is 3.40. The van der Waals surface area contributed by atoms with Crippen LogP contribution in [0.1, 0.15) is 37.4 Å². The fourth-order valence-electron chi connectivity index (χ4n) is 3.75. The lowest BCUT2D eigenvalue weighted by Gasteiger charge is -2.15. The monoisotopic (exact) mass is 443 g/mol. The van der Waals surface area contributed by atoms with Gasteiger partial charge in [-0.25, -0.2) is 9.78 Å². The highest BCUT2D eigenvalue weighted by Gasteiger charge is 2.16. The number of anilines is 1. The van der Waals surface area contributed by atoms with E-state index in [1.165, 1.54) is 0 Å². The number of aromatic amines is 1. The molecule has 0 saturated heterocycles. The molecule has 0 saturated carbocycles. The molecular weight excluding hydrogens is 410 g/mol. The minimum Gasteiger partial charge on any atom is -0.493 e. The number of hydrogen-bond donors (Lipinski definition) is 2. The highest BCUT2D eigenvalue weighted by molar-refractivity contribution is 5.54. The Balaban J connectivity index is 1.77. The summed E-state index contributed by atoms with van der Waals surface area (Å²) in [7, 11) is 4.77. The lowest BCUT2D eigenvalue weighted by molar-refractivity contribution is 0.324. The van der Waals surface area contributed by atoms with Crippen molar-refractivity contribution in [3.63, 3.8) is 0 Å². The van der Waals surface area contributed by atoms with E-state index in [9.17, 15) is 4.79 Å². The molecule has 174 valence electrons. The molecule has 0 unspecified atom stereocenters. The van der Waals surface area contributed by atoms with Gasteiger partial charge in [0.15, 0.2) is 11.5 Å². The minimum absolute atomic E-state index is 0.0888. The molecule has 2 aromatic heterocycles. The van der Waals surface area contributed by atoms with Crippen LogP contribution in [-0.2, 0) is 26.1 Å².